The number of aliphatic hydroxyl groups is 1. The molecule has 0 unspecified atom stereocenters. The van der Waals surface area contributed by atoms with Crippen LogP contribution in [0, 0.1) is 11.3 Å². The lowest BCUT2D eigenvalue weighted by Crippen LogP contribution is -2.05. The van der Waals surface area contributed by atoms with Crippen LogP contribution in [-0.4, -0.2) is 10.1 Å². The number of halogens is 3. The highest BCUT2D eigenvalue weighted by Gasteiger charge is 2.21. The van der Waals surface area contributed by atoms with E-state index in [4.69, 9.17) is 22.0 Å². The van der Waals surface area contributed by atoms with Gasteiger partial charge in [0.1, 0.15) is 11.8 Å². The molecule has 0 aliphatic heterocycles. The van der Waals surface area contributed by atoms with Crippen LogP contribution in [0.2, 0.25) is 0 Å². The minimum atomic E-state index is -2.85. The highest BCUT2D eigenvalue weighted by molar-refractivity contribution is 6.17. The highest BCUT2D eigenvalue weighted by atomic mass is 35.5. The maximum Gasteiger partial charge on any atom is 0.267 e. The zero-order valence-corrected chi connectivity index (χ0v) is 8.30. The summed E-state index contributed by atoms with van der Waals surface area (Å²) in [6.07, 6.45) is -1.62. The third kappa shape index (κ3) is 2.22. The van der Waals surface area contributed by atoms with Gasteiger partial charge in [-0.25, -0.2) is 13.8 Å². The van der Waals surface area contributed by atoms with E-state index in [2.05, 4.69) is 4.98 Å². The van der Waals surface area contributed by atoms with Gasteiger partial charge in [-0.3, -0.25) is 0 Å². The zero-order chi connectivity index (χ0) is 11.4. The van der Waals surface area contributed by atoms with Gasteiger partial charge in [-0.2, -0.15) is 5.26 Å². The molecule has 15 heavy (non-hydrogen) atoms. The Kier molecular flexibility index (Phi) is 3.95. The molecule has 0 atom stereocenters. The van der Waals surface area contributed by atoms with Gasteiger partial charge in [0.15, 0.2) is 0 Å². The standard InChI is InChI=1S/C9H7ClF2N2O/c10-1-5-3-14-7(2-13)8(9(11)12)6(5)4-15/h3,9,15H,1,4H2. The summed E-state index contributed by atoms with van der Waals surface area (Å²) in [4.78, 5) is 3.56. The SMILES string of the molecule is N#Cc1ncc(CCl)c(CO)c1C(F)F. The third-order valence-corrected chi connectivity index (χ3v) is 2.23. The molecule has 0 radical (unpaired) electrons. The van der Waals surface area contributed by atoms with Crippen LogP contribution in [0.1, 0.15) is 28.8 Å². The second-order valence-electron chi connectivity index (χ2n) is 2.73. The van der Waals surface area contributed by atoms with Crippen molar-refractivity contribution < 1.29 is 13.9 Å². The second kappa shape index (κ2) is 5.01. The number of nitrogens with zero attached hydrogens (tertiary/aromatic N) is 2. The first-order valence-electron chi connectivity index (χ1n) is 4.01. The first-order valence-corrected chi connectivity index (χ1v) is 4.54. The minimum absolute atomic E-state index is 0.00782. The summed E-state index contributed by atoms with van der Waals surface area (Å²) in [5, 5.41) is 17.6. The molecule has 1 N–H and O–H groups in total. The van der Waals surface area contributed by atoms with Crippen molar-refractivity contribution in [3.8, 4) is 6.07 Å². The molecule has 0 aliphatic carbocycles. The van der Waals surface area contributed by atoms with Gasteiger partial charge >= 0.3 is 0 Å². The van der Waals surface area contributed by atoms with Crippen molar-refractivity contribution in [3.63, 3.8) is 0 Å². The number of nitriles is 1. The third-order valence-electron chi connectivity index (χ3n) is 1.94. The monoisotopic (exact) mass is 232 g/mol. The Morgan fingerprint density at radius 2 is 2.27 bits per heavy atom. The summed E-state index contributed by atoms with van der Waals surface area (Å²) in [6.45, 7) is -0.584. The van der Waals surface area contributed by atoms with E-state index in [9.17, 15) is 8.78 Å². The Morgan fingerprint density at radius 1 is 1.60 bits per heavy atom. The van der Waals surface area contributed by atoms with Gasteiger partial charge in [-0.15, -0.1) is 11.6 Å². The zero-order valence-electron chi connectivity index (χ0n) is 7.54. The van der Waals surface area contributed by atoms with E-state index in [1.165, 1.54) is 6.20 Å². The van der Waals surface area contributed by atoms with Crippen LogP contribution in [-0.2, 0) is 12.5 Å². The maximum atomic E-state index is 12.6. The number of aliphatic hydroxyl groups excluding tert-OH is 1. The van der Waals surface area contributed by atoms with Gasteiger partial charge in [0.25, 0.3) is 6.43 Å². The molecule has 0 fully saturated rings. The van der Waals surface area contributed by atoms with Gasteiger partial charge in [0.05, 0.1) is 12.2 Å². The molecular weight excluding hydrogens is 226 g/mol. The predicted molar refractivity (Wildman–Crippen MR) is 49.4 cm³/mol. The molecule has 0 saturated heterocycles. The van der Waals surface area contributed by atoms with Crippen LogP contribution < -0.4 is 0 Å². The highest BCUT2D eigenvalue weighted by Crippen LogP contribution is 2.28. The van der Waals surface area contributed by atoms with Crippen LogP contribution in [0.15, 0.2) is 6.20 Å². The molecule has 0 amide bonds. The Labute approximate surface area is 89.9 Å². The van der Waals surface area contributed by atoms with Crippen LogP contribution in [0.25, 0.3) is 0 Å². The van der Waals surface area contributed by atoms with Crippen LogP contribution in [0.3, 0.4) is 0 Å². The average Bonchev–Trinajstić information content (AvgIpc) is 2.26. The van der Waals surface area contributed by atoms with Crippen molar-refractivity contribution in [3.05, 3.63) is 28.6 Å². The summed E-state index contributed by atoms with van der Waals surface area (Å²) >= 11 is 5.50. The van der Waals surface area contributed by atoms with E-state index in [0.29, 0.717) is 5.56 Å². The van der Waals surface area contributed by atoms with Gasteiger partial charge < -0.3 is 5.11 Å². The van der Waals surface area contributed by atoms with Crippen molar-refractivity contribution in [1.29, 1.82) is 5.26 Å². The molecule has 1 rings (SSSR count). The quantitative estimate of drug-likeness (QED) is 0.812. The smallest absolute Gasteiger partial charge is 0.267 e. The van der Waals surface area contributed by atoms with Crippen molar-refractivity contribution in [2.24, 2.45) is 0 Å². The summed E-state index contributed by atoms with van der Waals surface area (Å²) < 4.78 is 25.3. The average molecular weight is 233 g/mol. The molecular formula is C9H7ClF2N2O. The first-order chi connectivity index (χ1) is 7.15. The van der Waals surface area contributed by atoms with E-state index in [1.54, 1.807) is 6.07 Å². The summed E-state index contributed by atoms with van der Waals surface area (Å²) in [5.41, 5.74) is -0.596. The van der Waals surface area contributed by atoms with E-state index in [0.717, 1.165) is 0 Å². The lowest BCUT2D eigenvalue weighted by Gasteiger charge is -2.11. The summed E-state index contributed by atoms with van der Waals surface area (Å²) in [5.74, 6) is -0.0334. The maximum absolute atomic E-state index is 12.6. The van der Waals surface area contributed by atoms with Crippen molar-refractivity contribution in [2.45, 2.75) is 18.9 Å². The number of aromatic nitrogens is 1. The summed E-state index contributed by atoms with van der Waals surface area (Å²) in [6, 6.07) is 1.56. The number of rotatable bonds is 3. The molecule has 0 bridgehead atoms. The fourth-order valence-electron chi connectivity index (χ4n) is 1.23. The molecule has 0 spiro atoms. The largest absolute Gasteiger partial charge is 0.392 e. The molecule has 80 valence electrons. The molecule has 0 aliphatic rings. The Hall–Kier alpha value is -1.25. The molecule has 1 aromatic heterocycles. The molecule has 0 aromatic carbocycles. The molecule has 6 heteroatoms. The molecule has 1 heterocycles. The Bertz CT molecular complexity index is 404. The second-order valence-corrected chi connectivity index (χ2v) is 3.00. The van der Waals surface area contributed by atoms with Gasteiger partial charge in [0, 0.05) is 12.1 Å². The van der Waals surface area contributed by atoms with Crippen molar-refractivity contribution in [2.75, 3.05) is 0 Å². The Morgan fingerprint density at radius 3 is 2.67 bits per heavy atom. The fourth-order valence-corrected chi connectivity index (χ4v) is 1.46. The van der Waals surface area contributed by atoms with Crippen molar-refractivity contribution in [1.82, 2.24) is 4.98 Å². The number of hydrogen-bond donors (Lipinski definition) is 1. The van der Waals surface area contributed by atoms with E-state index in [1.807, 2.05) is 0 Å². The molecule has 0 saturated carbocycles. The fraction of sp³-hybridized carbons (Fsp3) is 0.333. The van der Waals surface area contributed by atoms with E-state index < -0.39 is 18.6 Å². The first kappa shape index (κ1) is 11.8. The minimum Gasteiger partial charge on any atom is -0.392 e. The van der Waals surface area contributed by atoms with Gasteiger partial charge in [-0.05, 0) is 11.1 Å². The number of pyridine rings is 1. The molecule has 1 aromatic rings. The van der Waals surface area contributed by atoms with E-state index in [-0.39, 0.29) is 17.1 Å². The molecule has 3 nitrogen and oxygen atoms in total. The Balaban J connectivity index is 3.46. The predicted octanol–water partition coefficient (Wildman–Crippen LogP) is 2.12. The number of alkyl halides is 3. The normalized spacial score (nSPS) is 10.4. The van der Waals surface area contributed by atoms with Crippen molar-refractivity contribution >= 4 is 11.6 Å². The van der Waals surface area contributed by atoms with Crippen LogP contribution >= 0.6 is 11.6 Å². The summed E-state index contributed by atoms with van der Waals surface area (Å²) in [7, 11) is 0. The van der Waals surface area contributed by atoms with Gasteiger partial charge in [-0.1, -0.05) is 0 Å². The topological polar surface area (TPSA) is 56.9 Å². The van der Waals surface area contributed by atoms with E-state index >= 15 is 0 Å². The number of hydrogen-bond acceptors (Lipinski definition) is 3. The lowest BCUT2D eigenvalue weighted by atomic mass is 10.0. The van der Waals surface area contributed by atoms with Gasteiger partial charge in [0.2, 0.25) is 0 Å². The van der Waals surface area contributed by atoms with Crippen LogP contribution in [0.5, 0.6) is 0 Å². The lowest BCUT2D eigenvalue weighted by molar-refractivity contribution is 0.146. The van der Waals surface area contributed by atoms with Crippen LogP contribution in [0.4, 0.5) is 8.78 Å².